The van der Waals surface area contributed by atoms with E-state index in [0.29, 0.717) is 22.8 Å². The lowest BCUT2D eigenvalue weighted by Gasteiger charge is -2.12. The van der Waals surface area contributed by atoms with E-state index in [1.54, 1.807) is 30.5 Å². The molecule has 0 atom stereocenters. The van der Waals surface area contributed by atoms with Gasteiger partial charge in [-0.25, -0.2) is 9.78 Å². The number of fused-ring (bicyclic) bond motifs is 1. The Morgan fingerprint density at radius 1 is 1.12 bits per heavy atom. The normalized spacial score (nSPS) is 10.6. The molecule has 0 N–H and O–H groups in total. The molecule has 2 aromatic heterocycles. The summed E-state index contributed by atoms with van der Waals surface area (Å²) in [6.07, 6.45) is 1.71. The van der Waals surface area contributed by atoms with Crippen molar-refractivity contribution in [2.45, 2.75) is 13.5 Å². The summed E-state index contributed by atoms with van der Waals surface area (Å²) >= 11 is 0. The summed E-state index contributed by atoms with van der Waals surface area (Å²) in [6, 6.07) is 9.94. The second kappa shape index (κ2) is 7.26. The van der Waals surface area contributed by atoms with Crippen LogP contribution in [0, 0.1) is 6.92 Å². The highest BCUT2D eigenvalue weighted by molar-refractivity contribution is 5.95. The van der Waals surface area contributed by atoms with Gasteiger partial charge in [0.2, 0.25) is 0 Å². The lowest BCUT2D eigenvalue weighted by molar-refractivity contribution is 0.0460. The Morgan fingerprint density at radius 2 is 1.81 bits per heavy atom. The minimum absolute atomic E-state index is 0.139. The van der Waals surface area contributed by atoms with Crippen LogP contribution in [0.2, 0.25) is 0 Å². The molecule has 26 heavy (non-hydrogen) atoms. The molecule has 0 bridgehead atoms. The molecule has 0 aliphatic heterocycles. The van der Waals surface area contributed by atoms with Gasteiger partial charge < -0.3 is 14.2 Å². The molecule has 7 heteroatoms. The fraction of sp³-hybridized carbons (Fsp3) is 0.211. The number of carbonyl (C=O) groups excluding carboxylic acids is 1. The number of rotatable bonds is 5. The van der Waals surface area contributed by atoms with Crippen LogP contribution in [-0.2, 0) is 11.3 Å². The second-order valence-electron chi connectivity index (χ2n) is 5.63. The molecule has 0 unspecified atom stereocenters. The zero-order valence-electron chi connectivity index (χ0n) is 14.7. The molecule has 7 nitrogen and oxygen atoms in total. The molecule has 0 radical (unpaired) electrons. The van der Waals surface area contributed by atoms with Crippen molar-refractivity contribution in [1.29, 1.82) is 0 Å². The average molecular weight is 354 g/mol. The van der Waals surface area contributed by atoms with Crippen molar-refractivity contribution < 1.29 is 19.0 Å². The molecule has 3 aromatic rings. The molecule has 3 rings (SSSR count). The van der Waals surface area contributed by atoms with E-state index in [9.17, 15) is 9.59 Å². The van der Waals surface area contributed by atoms with Gasteiger partial charge in [-0.05, 0) is 30.7 Å². The van der Waals surface area contributed by atoms with Gasteiger partial charge in [-0.2, -0.15) is 0 Å². The van der Waals surface area contributed by atoms with Gasteiger partial charge in [0, 0.05) is 12.3 Å². The van der Waals surface area contributed by atoms with Crippen LogP contribution >= 0.6 is 0 Å². The van der Waals surface area contributed by atoms with E-state index in [1.807, 2.05) is 13.0 Å². The fourth-order valence-electron chi connectivity index (χ4n) is 2.60. The van der Waals surface area contributed by atoms with E-state index in [2.05, 4.69) is 4.98 Å². The third-order valence-corrected chi connectivity index (χ3v) is 3.84. The van der Waals surface area contributed by atoms with Gasteiger partial charge in [-0.3, -0.25) is 9.20 Å². The fourth-order valence-corrected chi connectivity index (χ4v) is 2.60. The molecule has 2 heterocycles. The SMILES string of the molecule is COc1cccc(OC)c1C(=O)OCc1cc(=O)n2cc(C)ccc2n1. The highest BCUT2D eigenvalue weighted by atomic mass is 16.5. The molecule has 0 saturated heterocycles. The second-order valence-corrected chi connectivity index (χ2v) is 5.63. The van der Waals surface area contributed by atoms with Crippen molar-refractivity contribution in [3.8, 4) is 11.5 Å². The van der Waals surface area contributed by atoms with Crippen molar-refractivity contribution >= 4 is 11.6 Å². The van der Waals surface area contributed by atoms with Gasteiger partial charge in [0.05, 0.1) is 19.9 Å². The van der Waals surface area contributed by atoms with E-state index in [-0.39, 0.29) is 17.7 Å². The van der Waals surface area contributed by atoms with Crippen molar-refractivity contribution in [3.05, 3.63) is 69.8 Å². The predicted octanol–water partition coefficient (Wildman–Crippen LogP) is 2.38. The Bertz CT molecular complexity index is 1000. The van der Waals surface area contributed by atoms with E-state index in [0.717, 1.165) is 5.56 Å². The zero-order valence-corrected chi connectivity index (χ0v) is 14.7. The van der Waals surface area contributed by atoms with Crippen molar-refractivity contribution in [2.75, 3.05) is 14.2 Å². The highest BCUT2D eigenvalue weighted by Gasteiger charge is 2.20. The number of aromatic nitrogens is 2. The Morgan fingerprint density at radius 3 is 2.46 bits per heavy atom. The average Bonchev–Trinajstić information content (AvgIpc) is 2.65. The lowest BCUT2D eigenvalue weighted by atomic mass is 10.2. The molecule has 0 aliphatic rings. The van der Waals surface area contributed by atoms with Gasteiger partial charge in [-0.1, -0.05) is 12.1 Å². The maximum Gasteiger partial charge on any atom is 0.346 e. The van der Waals surface area contributed by atoms with Gasteiger partial charge >= 0.3 is 5.97 Å². The first-order valence-corrected chi connectivity index (χ1v) is 7.90. The van der Waals surface area contributed by atoms with Gasteiger partial charge in [-0.15, -0.1) is 0 Å². The predicted molar refractivity (Wildman–Crippen MR) is 94.9 cm³/mol. The van der Waals surface area contributed by atoms with Crippen molar-refractivity contribution in [2.24, 2.45) is 0 Å². The molecular weight excluding hydrogens is 336 g/mol. The molecule has 1 aromatic carbocycles. The highest BCUT2D eigenvalue weighted by Crippen LogP contribution is 2.29. The van der Waals surface area contributed by atoms with Gasteiger partial charge in [0.15, 0.2) is 0 Å². The number of nitrogens with zero attached hydrogens (tertiary/aromatic N) is 2. The summed E-state index contributed by atoms with van der Waals surface area (Å²) < 4.78 is 17.2. The molecular formula is C19H18N2O5. The van der Waals surface area contributed by atoms with Gasteiger partial charge in [0.25, 0.3) is 5.56 Å². The Labute approximate surface area is 149 Å². The Balaban J connectivity index is 1.86. The number of ether oxygens (including phenoxy) is 3. The summed E-state index contributed by atoms with van der Waals surface area (Å²) in [4.78, 5) is 29.0. The summed E-state index contributed by atoms with van der Waals surface area (Å²) in [5, 5.41) is 0. The summed E-state index contributed by atoms with van der Waals surface area (Å²) in [6.45, 7) is 1.75. The van der Waals surface area contributed by atoms with Crippen molar-refractivity contribution in [1.82, 2.24) is 9.38 Å². The molecule has 0 saturated carbocycles. The van der Waals surface area contributed by atoms with Crippen LogP contribution in [0.3, 0.4) is 0 Å². The third kappa shape index (κ3) is 3.37. The molecule has 0 amide bonds. The molecule has 0 fully saturated rings. The van der Waals surface area contributed by atoms with Crippen LogP contribution in [0.15, 0.2) is 47.4 Å². The minimum atomic E-state index is -0.620. The summed E-state index contributed by atoms with van der Waals surface area (Å²) in [5.74, 6) is 0.0675. The Hall–Kier alpha value is -3.35. The first-order valence-electron chi connectivity index (χ1n) is 7.90. The number of hydrogen-bond acceptors (Lipinski definition) is 6. The number of esters is 1. The van der Waals surface area contributed by atoms with Crippen LogP contribution in [0.25, 0.3) is 5.65 Å². The van der Waals surface area contributed by atoms with Gasteiger partial charge in [0.1, 0.15) is 29.3 Å². The monoisotopic (exact) mass is 354 g/mol. The first-order chi connectivity index (χ1) is 12.5. The van der Waals surface area contributed by atoms with E-state index < -0.39 is 5.97 Å². The largest absolute Gasteiger partial charge is 0.496 e. The minimum Gasteiger partial charge on any atom is -0.496 e. The molecule has 134 valence electrons. The quantitative estimate of drug-likeness (QED) is 0.655. The molecule has 0 aliphatic carbocycles. The number of benzene rings is 1. The number of methoxy groups -OCH3 is 2. The summed E-state index contributed by atoms with van der Waals surface area (Å²) in [5.41, 5.74) is 1.75. The van der Waals surface area contributed by atoms with Crippen LogP contribution in [-0.4, -0.2) is 29.6 Å². The van der Waals surface area contributed by atoms with Crippen LogP contribution in [0.1, 0.15) is 21.6 Å². The zero-order chi connectivity index (χ0) is 18.7. The van der Waals surface area contributed by atoms with Crippen LogP contribution < -0.4 is 15.0 Å². The maximum atomic E-state index is 12.5. The van der Waals surface area contributed by atoms with Crippen molar-refractivity contribution in [3.63, 3.8) is 0 Å². The molecule has 0 spiro atoms. The number of aryl methyl sites for hydroxylation is 1. The number of pyridine rings is 1. The maximum absolute atomic E-state index is 12.5. The lowest BCUT2D eigenvalue weighted by Crippen LogP contribution is -2.17. The van der Waals surface area contributed by atoms with E-state index in [1.165, 1.54) is 24.7 Å². The number of hydrogen-bond donors (Lipinski definition) is 0. The standard InChI is InChI=1S/C19H18N2O5/c1-12-7-8-16-20-13(9-17(22)21(16)10-12)11-26-19(23)18-14(24-2)5-4-6-15(18)25-3/h4-10H,11H2,1-3H3. The Kier molecular flexibility index (Phi) is 4.88. The first kappa shape index (κ1) is 17.5. The van der Waals surface area contributed by atoms with Crippen LogP contribution in [0.5, 0.6) is 11.5 Å². The van der Waals surface area contributed by atoms with Crippen LogP contribution in [0.4, 0.5) is 0 Å². The smallest absolute Gasteiger partial charge is 0.346 e. The third-order valence-electron chi connectivity index (χ3n) is 3.84. The summed E-state index contributed by atoms with van der Waals surface area (Å²) in [7, 11) is 2.92. The van der Waals surface area contributed by atoms with E-state index >= 15 is 0 Å². The van der Waals surface area contributed by atoms with E-state index in [4.69, 9.17) is 14.2 Å². The topological polar surface area (TPSA) is 79.1 Å². The number of carbonyl (C=O) groups is 1.